The van der Waals surface area contributed by atoms with E-state index in [1.807, 2.05) is 0 Å². The summed E-state index contributed by atoms with van der Waals surface area (Å²) in [6, 6.07) is 12.6. The Labute approximate surface area is 231 Å². The lowest BCUT2D eigenvalue weighted by Crippen LogP contribution is -2.09. The van der Waals surface area contributed by atoms with Crippen LogP contribution in [0.1, 0.15) is 81.1 Å². The molecule has 0 heterocycles. The van der Waals surface area contributed by atoms with Gasteiger partial charge in [-0.15, -0.1) is 0 Å². The van der Waals surface area contributed by atoms with Crippen LogP contribution < -0.4 is 18.9 Å². The molecule has 3 aromatic carbocycles. The third-order valence-electron chi connectivity index (χ3n) is 6.79. The summed E-state index contributed by atoms with van der Waals surface area (Å²) in [5.74, 6) is 5.56. The molecule has 4 heteroatoms. The fraction of sp³-hybridized carbons (Fsp3) is 0.588. The minimum Gasteiger partial charge on any atom is -0.492 e. The quantitative estimate of drug-likeness (QED) is 0.175. The third-order valence-corrected chi connectivity index (χ3v) is 6.79. The maximum atomic E-state index is 6.62. The molecule has 210 valence electrons. The number of ether oxygens (including phenoxy) is 4. The van der Waals surface area contributed by atoms with Crippen LogP contribution in [0.5, 0.6) is 23.0 Å². The van der Waals surface area contributed by atoms with E-state index in [0.717, 1.165) is 70.2 Å². The van der Waals surface area contributed by atoms with Crippen molar-refractivity contribution in [2.24, 2.45) is 23.7 Å². The van der Waals surface area contributed by atoms with Crippen molar-refractivity contribution in [3.05, 3.63) is 36.4 Å². The van der Waals surface area contributed by atoms with Gasteiger partial charge < -0.3 is 18.9 Å². The maximum Gasteiger partial charge on any atom is 0.172 e. The Morgan fingerprint density at radius 3 is 1.37 bits per heavy atom. The zero-order valence-electron chi connectivity index (χ0n) is 25.1. The Hall–Kier alpha value is -2.62. The highest BCUT2D eigenvalue weighted by Gasteiger charge is 2.23. The van der Waals surface area contributed by atoms with Crippen molar-refractivity contribution in [1.29, 1.82) is 0 Å². The molecule has 3 rings (SSSR count). The molecule has 0 saturated carbocycles. The summed E-state index contributed by atoms with van der Waals surface area (Å²) in [6.07, 6.45) is 3.94. The molecule has 0 aliphatic carbocycles. The largest absolute Gasteiger partial charge is 0.492 e. The van der Waals surface area contributed by atoms with Crippen LogP contribution in [0.2, 0.25) is 0 Å². The molecular formula is C34H50O4. The van der Waals surface area contributed by atoms with Crippen LogP contribution in [0.4, 0.5) is 0 Å². The smallest absolute Gasteiger partial charge is 0.172 e. The number of fused-ring (bicyclic) bond motifs is 2. The van der Waals surface area contributed by atoms with Crippen molar-refractivity contribution in [1.82, 2.24) is 0 Å². The first-order chi connectivity index (χ1) is 18.2. The van der Waals surface area contributed by atoms with Crippen LogP contribution >= 0.6 is 0 Å². The van der Waals surface area contributed by atoms with E-state index < -0.39 is 0 Å². The standard InChI is InChI=1S/C34H50O4/c1-23(2)15-19-35-30-14-13-29-31(34(30)38-22-18-26(7)8)33(37-21-17-25(5)6)28-12-10-9-11-27(28)32(29)36-20-16-24(3)4/h9-14,23-26H,15-22H2,1-8H3. The average molecular weight is 523 g/mol. The molecule has 0 saturated heterocycles. The number of hydrogen-bond donors (Lipinski definition) is 0. The summed E-state index contributed by atoms with van der Waals surface area (Å²) in [5, 5.41) is 4.10. The van der Waals surface area contributed by atoms with Gasteiger partial charge in [-0.2, -0.15) is 0 Å². The highest BCUT2D eigenvalue weighted by Crippen LogP contribution is 2.50. The summed E-state index contributed by atoms with van der Waals surface area (Å²) in [7, 11) is 0. The van der Waals surface area contributed by atoms with E-state index >= 15 is 0 Å². The lowest BCUT2D eigenvalue weighted by atomic mass is 9.99. The highest BCUT2D eigenvalue weighted by molar-refractivity contribution is 6.13. The van der Waals surface area contributed by atoms with E-state index in [2.05, 4.69) is 91.8 Å². The monoisotopic (exact) mass is 522 g/mol. The van der Waals surface area contributed by atoms with Gasteiger partial charge in [-0.1, -0.05) is 79.7 Å². The van der Waals surface area contributed by atoms with Gasteiger partial charge in [-0.25, -0.2) is 0 Å². The minimum absolute atomic E-state index is 0.549. The second-order valence-corrected chi connectivity index (χ2v) is 12.1. The second-order valence-electron chi connectivity index (χ2n) is 12.1. The molecule has 0 atom stereocenters. The van der Waals surface area contributed by atoms with E-state index in [0.29, 0.717) is 50.1 Å². The van der Waals surface area contributed by atoms with Gasteiger partial charge in [0.1, 0.15) is 11.5 Å². The first-order valence-corrected chi connectivity index (χ1v) is 14.7. The fourth-order valence-electron chi connectivity index (χ4n) is 4.29. The zero-order chi connectivity index (χ0) is 27.7. The Kier molecular flexibility index (Phi) is 11.4. The molecule has 0 aliphatic rings. The van der Waals surface area contributed by atoms with Crippen LogP contribution in [0.25, 0.3) is 21.5 Å². The van der Waals surface area contributed by atoms with Crippen molar-refractivity contribution in [3.8, 4) is 23.0 Å². The summed E-state index contributed by atoms with van der Waals surface area (Å²) in [5.41, 5.74) is 0. The number of hydrogen-bond acceptors (Lipinski definition) is 4. The second kappa shape index (κ2) is 14.5. The lowest BCUT2D eigenvalue weighted by molar-refractivity contribution is 0.247. The first-order valence-electron chi connectivity index (χ1n) is 14.7. The van der Waals surface area contributed by atoms with Crippen LogP contribution in [0, 0.1) is 23.7 Å². The maximum absolute atomic E-state index is 6.62. The third kappa shape index (κ3) is 8.19. The van der Waals surface area contributed by atoms with E-state index in [-0.39, 0.29) is 0 Å². The van der Waals surface area contributed by atoms with E-state index in [1.54, 1.807) is 0 Å². The molecule has 0 radical (unpaired) electrons. The van der Waals surface area contributed by atoms with Crippen molar-refractivity contribution >= 4 is 21.5 Å². The van der Waals surface area contributed by atoms with Crippen molar-refractivity contribution in [2.45, 2.75) is 81.1 Å². The average Bonchev–Trinajstić information content (AvgIpc) is 2.85. The van der Waals surface area contributed by atoms with E-state index in [9.17, 15) is 0 Å². The molecule has 38 heavy (non-hydrogen) atoms. The van der Waals surface area contributed by atoms with Gasteiger partial charge in [0.05, 0.1) is 31.8 Å². The molecule has 0 N–H and O–H groups in total. The topological polar surface area (TPSA) is 36.9 Å². The van der Waals surface area contributed by atoms with Crippen LogP contribution in [-0.2, 0) is 0 Å². The van der Waals surface area contributed by atoms with Gasteiger partial charge in [0, 0.05) is 16.2 Å². The molecule has 0 amide bonds. The number of rotatable bonds is 16. The molecule has 0 unspecified atom stereocenters. The van der Waals surface area contributed by atoms with Gasteiger partial charge in [0.25, 0.3) is 0 Å². The van der Waals surface area contributed by atoms with Crippen molar-refractivity contribution in [3.63, 3.8) is 0 Å². The summed E-state index contributed by atoms with van der Waals surface area (Å²) in [4.78, 5) is 0. The first kappa shape index (κ1) is 29.9. The zero-order valence-corrected chi connectivity index (χ0v) is 25.1. The Morgan fingerprint density at radius 2 is 0.868 bits per heavy atom. The predicted octanol–water partition coefficient (Wildman–Crippen LogP) is 9.69. The predicted molar refractivity (Wildman–Crippen MR) is 161 cm³/mol. The Balaban J connectivity index is 2.23. The highest BCUT2D eigenvalue weighted by atomic mass is 16.5. The lowest BCUT2D eigenvalue weighted by Gasteiger charge is -2.22. The van der Waals surface area contributed by atoms with E-state index in [4.69, 9.17) is 18.9 Å². The SMILES string of the molecule is CC(C)CCOc1ccc2c(OCCC(C)C)c3ccccc3c(OCCC(C)C)c2c1OCCC(C)C. The van der Waals surface area contributed by atoms with E-state index in [1.165, 1.54) is 0 Å². The van der Waals surface area contributed by atoms with Crippen LogP contribution in [0.3, 0.4) is 0 Å². The number of benzene rings is 3. The molecule has 0 aliphatic heterocycles. The van der Waals surface area contributed by atoms with Crippen LogP contribution in [0.15, 0.2) is 36.4 Å². The van der Waals surface area contributed by atoms with Gasteiger partial charge in [0.15, 0.2) is 11.5 Å². The van der Waals surface area contributed by atoms with Gasteiger partial charge >= 0.3 is 0 Å². The normalized spacial score (nSPS) is 11.9. The van der Waals surface area contributed by atoms with Gasteiger partial charge in [0.2, 0.25) is 0 Å². The molecule has 3 aromatic rings. The fourth-order valence-corrected chi connectivity index (χ4v) is 4.29. The summed E-state index contributed by atoms with van der Waals surface area (Å²) < 4.78 is 26.1. The van der Waals surface area contributed by atoms with Gasteiger partial charge in [-0.3, -0.25) is 0 Å². The summed E-state index contributed by atoms with van der Waals surface area (Å²) in [6.45, 7) is 20.4. The molecule has 0 spiro atoms. The molecular weight excluding hydrogens is 472 g/mol. The molecule has 0 fully saturated rings. The molecule has 4 nitrogen and oxygen atoms in total. The minimum atomic E-state index is 0.549. The van der Waals surface area contributed by atoms with Crippen molar-refractivity contribution in [2.75, 3.05) is 26.4 Å². The summed E-state index contributed by atoms with van der Waals surface area (Å²) >= 11 is 0. The van der Waals surface area contributed by atoms with Crippen molar-refractivity contribution < 1.29 is 18.9 Å². The molecule has 0 bridgehead atoms. The van der Waals surface area contributed by atoms with Crippen LogP contribution in [-0.4, -0.2) is 26.4 Å². The van der Waals surface area contributed by atoms with Gasteiger partial charge in [-0.05, 0) is 61.5 Å². The Bertz CT molecular complexity index is 1150. The molecule has 0 aromatic heterocycles. The Morgan fingerprint density at radius 1 is 0.447 bits per heavy atom.